The highest BCUT2D eigenvalue weighted by atomic mass is 16.3. The number of amides is 1. The second kappa shape index (κ2) is 6.50. The minimum absolute atomic E-state index is 0.0653. The van der Waals surface area contributed by atoms with E-state index in [4.69, 9.17) is 0 Å². The Labute approximate surface area is 135 Å². The molecule has 2 N–H and O–H groups in total. The van der Waals surface area contributed by atoms with Gasteiger partial charge in [0.05, 0.1) is 11.8 Å². The number of aliphatic hydroxyl groups is 1. The zero-order valence-corrected chi connectivity index (χ0v) is 13.5. The van der Waals surface area contributed by atoms with Crippen molar-refractivity contribution in [2.45, 2.75) is 51.7 Å². The van der Waals surface area contributed by atoms with Crippen LogP contribution in [-0.2, 0) is 0 Å². The van der Waals surface area contributed by atoms with E-state index in [9.17, 15) is 9.90 Å². The summed E-state index contributed by atoms with van der Waals surface area (Å²) >= 11 is 0. The van der Waals surface area contributed by atoms with Crippen LogP contribution in [0.25, 0.3) is 5.69 Å². The van der Waals surface area contributed by atoms with Crippen molar-refractivity contribution in [1.29, 1.82) is 0 Å². The second-order valence-electron chi connectivity index (χ2n) is 6.14. The number of nitrogens with zero attached hydrogens (tertiary/aromatic N) is 3. The van der Waals surface area contributed by atoms with Gasteiger partial charge in [0, 0.05) is 11.6 Å². The summed E-state index contributed by atoms with van der Waals surface area (Å²) in [6, 6.07) is 7.52. The van der Waals surface area contributed by atoms with Crippen molar-refractivity contribution in [3.8, 4) is 5.69 Å². The number of nitrogens with one attached hydrogen (secondary N) is 1. The molecule has 0 unspecified atom stereocenters. The lowest BCUT2D eigenvalue weighted by Gasteiger charge is -2.26. The highest BCUT2D eigenvalue weighted by Crippen LogP contribution is 2.19. The zero-order chi connectivity index (χ0) is 16.4. The highest BCUT2D eigenvalue weighted by Gasteiger charge is 2.21. The quantitative estimate of drug-likeness (QED) is 0.907. The average molecular weight is 314 g/mol. The molecule has 1 fully saturated rings. The number of rotatable bonds is 3. The summed E-state index contributed by atoms with van der Waals surface area (Å²) in [5, 5.41) is 16.9. The predicted molar refractivity (Wildman–Crippen MR) is 86.6 cm³/mol. The molecule has 0 aliphatic heterocycles. The first-order chi connectivity index (χ1) is 11.0. The van der Waals surface area contributed by atoms with Gasteiger partial charge in [0.2, 0.25) is 0 Å². The van der Waals surface area contributed by atoms with Crippen molar-refractivity contribution in [2.24, 2.45) is 0 Å². The van der Waals surface area contributed by atoms with Gasteiger partial charge in [0.15, 0.2) is 0 Å². The Hall–Kier alpha value is -2.21. The summed E-state index contributed by atoms with van der Waals surface area (Å²) in [5.74, 6) is 1.48. The Bertz CT molecular complexity index is 685. The van der Waals surface area contributed by atoms with Gasteiger partial charge in [-0.1, -0.05) is 0 Å². The molecule has 0 bridgehead atoms. The molecule has 0 spiro atoms. The molecule has 3 rings (SSSR count). The molecule has 1 saturated carbocycles. The lowest BCUT2D eigenvalue weighted by molar-refractivity contribution is 0.0867. The van der Waals surface area contributed by atoms with E-state index in [2.05, 4.69) is 15.4 Å². The smallest absolute Gasteiger partial charge is 0.251 e. The minimum atomic E-state index is -0.211. The molecule has 122 valence electrons. The zero-order valence-electron chi connectivity index (χ0n) is 13.5. The Balaban J connectivity index is 1.67. The first-order valence-corrected chi connectivity index (χ1v) is 8.02. The van der Waals surface area contributed by atoms with Gasteiger partial charge in [0.25, 0.3) is 5.91 Å². The summed E-state index contributed by atoms with van der Waals surface area (Å²) < 4.78 is 1.76. The van der Waals surface area contributed by atoms with Gasteiger partial charge in [-0.3, -0.25) is 4.79 Å². The normalized spacial score (nSPS) is 21.2. The Morgan fingerprint density at radius 2 is 1.83 bits per heavy atom. The molecule has 2 aromatic rings. The molecule has 0 atom stereocenters. The van der Waals surface area contributed by atoms with Crippen molar-refractivity contribution in [3.63, 3.8) is 0 Å². The van der Waals surface area contributed by atoms with Crippen LogP contribution >= 0.6 is 0 Å². The van der Waals surface area contributed by atoms with Crippen LogP contribution in [0.2, 0.25) is 0 Å². The largest absolute Gasteiger partial charge is 0.393 e. The molecule has 0 radical (unpaired) electrons. The van der Waals surface area contributed by atoms with Gasteiger partial charge in [0.1, 0.15) is 11.6 Å². The monoisotopic (exact) mass is 314 g/mol. The molecule has 23 heavy (non-hydrogen) atoms. The van der Waals surface area contributed by atoms with Crippen LogP contribution in [0.4, 0.5) is 0 Å². The SMILES string of the molecule is Cc1nc(C)n(-c2ccc(C(=O)NC3CCC(O)CC3)cc2)n1. The number of carbonyl (C=O) groups is 1. The third kappa shape index (κ3) is 3.59. The molecule has 1 heterocycles. The average Bonchev–Trinajstić information content (AvgIpc) is 2.88. The van der Waals surface area contributed by atoms with Gasteiger partial charge in [-0.25, -0.2) is 9.67 Å². The number of hydrogen-bond donors (Lipinski definition) is 2. The maximum absolute atomic E-state index is 12.3. The van der Waals surface area contributed by atoms with Crippen LogP contribution in [0.3, 0.4) is 0 Å². The van der Waals surface area contributed by atoms with Gasteiger partial charge in [-0.05, 0) is 63.8 Å². The maximum atomic E-state index is 12.3. The van der Waals surface area contributed by atoms with E-state index in [-0.39, 0.29) is 18.1 Å². The second-order valence-corrected chi connectivity index (χ2v) is 6.14. The standard InChI is InChI=1S/C17H22N4O2/c1-11-18-12(2)21(20-11)15-7-3-13(4-8-15)17(23)19-14-5-9-16(22)10-6-14/h3-4,7-8,14,16,22H,5-6,9-10H2,1-2H3,(H,19,23). The molecule has 6 heteroatoms. The van der Waals surface area contributed by atoms with E-state index in [1.807, 2.05) is 26.0 Å². The summed E-state index contributed by atoms with van der Waals surface area (Å²) in [6.07, 6.45) is 2.98. The Kier molecular flexibility index (Phi) is 4.43. The topological polar surface area (TPSA) is 80.0 Å². The number of aliphatic hydroxyl groups excluding tert-OH is 1. The molecule has 1 aliphatic carbocycles. The lowest BCUT2D eigenvalue weighted by atomic mass is 9.93. The molecule has 1 aromatic carbocycles. The first-order valence-electron chi connectivity index (χ1n) is 8.02. The number of aryl methyl sites for hydroxylation is 2. The molecule has 1 aromatic heterocycles. The van der Waals surface area contributed by atoms with E-state index >= 15 is 0 Å². The van der Waals surface area contributed by atoms with Crippen molar-refractivity contribution < 1.29 is 9.90 Å². The number of benzene rings is 1. The van der Waals surface area contributed by atoms with Crippen LogP contribution in [0.1, 0.15) is 47.7 Å². The summed E-state index contributed by atoms with van der Waals surface area (Å²) in [4.78, 5) is 16.6. The lowest BCUT2D eigenvalue weighted by Crippen LogP contribution is -2.38. The minimum Gasteiger partial charge on any atom is -0.393 e. The highest BCUT2D eigenvalue weighted by molar-refractivity contribution is 5.94. The van der Waals surface area contributed by atoms with Crippen molar-refractivity contribution in [1.82, 2.24) is 20.1 Å². The molecule has 6 nitrogen and oxygen atoms in total. The van der Waals surface area contributed by atoms with Crippen LogP contribution in [-0.4, -0.2) is 37.9 Å². The molecule has 1 aliphatic rings. The Morgan fingerprint density at radius 1 is 1.17 bits per heavy atom. The van der Waals surface area contributed by atoms with Crippen molar-refractivity contribution >= 4 is 5.91 Å². The van der Waals surface area contributed by atoms with E-state index in [0.717, 1.165) is 43.0 Å². The Morgan fingerprint density at radius 3 is 2.39 bits per heavy atom. The van der Waals surface area contributed by atoms with Crippen LogP contribution < -0.4 is 5.32 Å². The predicted octanol–water partition coefficient (Wildman–Crippen LogP) is 1.92. The van der Waals surface area contributed by atoms with Gasteiger partial charge in [-0.15, -0.1) is 0 Å². The van der Waals surface area contributed by atoms with Crippen molar-refractivity contribution in [3.05, 3.63) is 41.5 Å². The van der Waals surface area contributed by atoms with Crippen LogP contribution in [0, 0.1) is 13.8 Å². The van der Waals surface area contributed by atoms with Crippen LogP contribution in [0.5, 0.6) is 0 Å². The first kappa shape index (κ1) is 15.7. The van der Waals surface area contributed by atoms with E-state index < -0.39 is 0 Å². The van der Waals surface area contributed by atoms with E-state index in [1.54, 1.807) is 16.8 Å². The third-order valence-corrected chi connectivity index (χ3v) is 4.28. The van der Waals surface area contributed by atoms with Crippen molar-refractivity contribution in [2.75, 3.05) is 0 Å². The van der Waals surface area contributed by atoms with E-state index in [0.29, 0.717) is 5.56 Å². The summed E-state index contributed by atoms with van der Waals surface area (Å²) in [7, 11) is 0. The van der Waals surface area contributed by atoms with Crippen LogP contribution in [0.15, 0.2) is 24.3 Å². The molecule has 1 amide bonds. The van der Waals surface area contributed by atoms with Gasteiger partial charge >= 0.3 is 0 Å². The van der Waals surface area contributed by atoms with Gasteiger partial charge < -0.3 is 10.4 Å². The fourth-order valence-corrected chi connectivity index (χ4v) is 3.01. The maximum Gasteiger partial charge on any atom is 0.251 e. The molecule has 0 saturated heterocycles. The fourth-order valence-electron chi connectivity index (χ4n) is 3.01. The van der Waals surface area contributed by atoms with E-state index in [1.165, 1.54) is 0 Å². The summed E-state index contributed by atoms with van der Waals surface area (Å²) in [6.45, 7) is 3.75. The number of aromatic nitrogens is 3. The molecular formula is C17H22N4O2. The third-order valence-electron chi connectivity index (χ3n) is 4.28. The molecular weight excluding hydrogens is 292 g/mol. The number of carbonyl (C=O) groups excluding carboxylic acids is 1. The van der Waals surface area contributed by atoms with Gasteiger partial charge in [-0.2, -0.15) is 5.10 Å². The number of hydrogen-bond acceptors (Lipinski definition) is 4. The summed E-state index contributed by atoms with van der Waals surface area (Å²) in [5.41, 5.74) is 1.52. The fraction of sp³-hybridized carbons (Fsp3) is 0.471.